The van der Waals surface area contributed by atoms with Gasteiger partial charge in [-0.25, -0.2) is 4.98 Å². The van der Waals surface area contributed by atoms with Gasteiger partial charge in [0.05, 0.1) is 16.6 Å². The maximum absolute atomic E-state index is 13.5. The molecule has 0 radical (unpaired) electrons. The van der Waals surface area contributed by atoms with E-state index in [-0.39, 0.29) is 30.5 Å². The summed E-state index contributed by atoms with van der Waals surface area (Å²) in [6.45, 7) is 1.55. The number of aromatic nitrogens is 2. The first-order valence-electron chi connectivity index (χ1n) is 10.8. The second kappa shape index (κ2) is 11.2. The minimum absolute atomic E-state index is 0.0678. The van der Waals surface area contributed by atoms with E-state index in [4.69, 9.17) is 0 Å². The van der Waals surface area contributed by atoms with Crippen LogP contribution in [-0.4, -0.2) is 52.5 Å². The molecule has 0 fully saturated rings. The molecule has 0 saturated heterocycles. The summed E-state index contributed by atoms with van der Waals surface area (Å²) >= 11 is 0. The molecule has 12 heteroatoms. The first-order valence-corrected chi connectivity index (χ1v) is 10.8. The second-order valence-electron chi connectivity index (χ2n) is 7.68. The highest BCUT2D eigenvalue weighted by Crippen LogP contribution is 2.22. The van der Waals surface area contributed by atoms with E-state index < -0.39 is 23.4 Å². The number of nitrogens with zero attached hydrogens (tertiary/aromatic N) is 3. The number of benzene rings is 1. The van der Waals surface area contributed by atoms with Gasteiger partial charge in [0.25, 0.3) is 5.56 Å². The van der Waals surface area contributed by atoms with Crippen LogP contribution in [0.1, 0.15) is 37.5 Å². The van der Waals surface area contributed by atoms with Gasteiger partial charge >= 0.3 is 0 Å². The normalized spacial score (nSPS) is 13.7. The average Bonchev–Trinajstić information content (AvgIpc) is 3.26. The predicted molar refractivity (Wildman–Crippen MR) is 124 cm³/mol. The lowest BCUT2D eigenvalue weighted by atomic mass is 10.1. The highest BCUT2D eigenvalue weighted by Gasteiger charge is 2.25. The fourth-order valence-corrected chi connectivity index (χ4v) is 3.76. The minimum atomic E-state index is -0.918. The summed E-state index contributed by atoms with van der Waals surface area (Å²) in [7, 11) is 1.46. The van der Waals surface area contributed by atoms with E-state index in [1.165, 1.54) is 16.6 Å². The largest absolute Gasteiger partial charge is 0.357 e. The van der Waals surface area contributed by atoms with Gasteiger partial charge in [-0.2, -0.15) is 0 Å². The number of rotatable bonds is 11. The average molecular weight is 470 g/mol. The van der Waals surface area contributed by atoms with E-state index in [0.29, 0.717) is 30.5 Å². The van der Waals surface area contributed by atoms with Crippen molar-refractivity contribution in [1.29, 1.82) is 0 Å². The third-order valence-corrected chi connectivity index (χ3v) is 5.32. The number of aryl methyl sites for hydroxylation is 1. The molecule has 1 unspecified atom stereocenters. The van der Waals surface area contributed by atoms with E-state index in [2.05, 4.69) is 26.6 Å². The van der Waals surface area contributed by atoms with Crippen LogP contribution >= 0.6 is 0 Å². The molecule has 2 amide bonds. The summed E-state index contributed by atoms with van der Waals surface area (Å²) in [5, 5.41) is 6.94. The van der Waals surface area contributed by atoms with E-state index in [0.717, 1.165) is 12.0 Å². The molecule has 180 valence electrons. The predicted octanol–water partition coefficient (Wildman–Crippen LogP) is 0.0549. The number of amides is 2. The van der Waals surface area contributed by atoms with Gasteiger partial charge in [0.2, 0.25) is 11.8 Å². The van der Waals surface area contributed by atoms with Crippen molar-refractivity contribution < 1.29 is 19.2 Å². The molecule has 2 heterocycles. The first kappa shape index (κ1) is 24.6. The summed E-state index contributed by atoms with van der Waals surface area (Å²) in [6, 6.07) is 3.99. The molecule has 1 aromatic carbocycles. The quantitative estimate of drug-likeness (QED) is 0.334. The molecule has 4 N–H and O–H groups in total. The Morgan fingerprint density at radius 3 is 2.68 bits per heavy atom. The van der Waals surface area contributed by atoms with Gasteiger partial charge in [-0.05, 0) is 31.9 Å². The van der Waals surface area contributed by atoms with Crippen molar-refractivity contribution in [3.05, 3.63) is 46.3 Å². The Labute approximate surface area is 195 Å². The Hall–Kier alpha value is -4.06. The van der Waals surface area contributed by atoms with Crippen molar-refractivity contribution in [2.75, 3.05) is 18.9 Å². The lowest BCUT2D eigenvalue weighted by Crippen LogP contribution is -2.41. The molecule has 0 spiro atoms. The smallest absolute Gasteiger partial charge is 0.264 e. The van der Waals surface area contributed by atoms with E-state index in [1.807, 2.05) is 0 Å². The molecule has 34 heavy (non-hydrogen) atoms. The Morgan fingerprint density at radius 2 is 1.97 bits per heavy atom. The summed E-state index contributed by atoms with van der Waals surface area (Å²) in [5.74, 6) is -0.495. The number of nitrogens with one attached hydrogen (secondary N) is 4. The van der Waals surface area contributed by atoms with Gasteiger partial charge < -0.3 is 25.6 Å². The van der Waals surface area contributed by atoms with Crippen molar-refractivity contribution in [3.63, 3.8) is 0 Å². The monoisotopic (exact) mass is 469 g/mol. The van der Waals surface area contributed by atoms with Crippen LogP contribution in [0, 0.1) is 6.92 Å². The Kier molecular flexibility index (Phi) is 8.09. The van der Waals surface area contributed by atoms with Gasteiger partial charge in [-0.15, -0.1) is 5.53 Å². The van der Waals surface area contributed by atoms with Crippen LogP contribution in [0.15, 0.2) is 34.9 Å². The zero-order chi connectivity index (χ0) is 24.7. The molecule has 1 atom stereocenters. The van der Waals surface area contributed by atoms with E-state index >= 15 is 0 Å². The molecule has 0 saturated carbocycles. The highest BCUT2D eigenvalue weighted by molar-refractivity contribution is 6.01. The molecule has 1 aliphatic rings. The maximum atomic E-state index is 13.5. The van der Waals surface area contributed by atoms with Gasteiger partial charge in [0.1, 0.15) is 31.0 Å². The van der Waals surface area contributed by atoms with Crippen molar-refractivity contribution in [2.45, 2.75) is 38.6 Å². The van der Waals surface area contributed by atoms with Gasteiger partial charge in [-0.3, -0.25) is 24.0 Å². The molecule has 1 aliphatic heterocycles. The van der Waals surface area contributed by atoms with Gasteiger partial charge in [-0.1, -0.05) is 6.07 Å². The summed E-state index contributed by atoms with van der Waals surface area (Å²) < 4.78 is 1.26. The van der Waals surface area contributed by atoms with Crippen LogP contribution in [0.3, 0.4) is 0 Å². The van der Waals surface area contributed by atoms with Crippen molar-refractivity contribution in [2.24, 2.45) is 0 Å². The molecule has 1 aromatic heterocycles. The van der Waals surface area contributed by atoms with Crippen molar-refractivity contribution >= 4 is 41.0 Å². The lowest BCUT2D eigenvalue weighted by molar-refractivity contribution is -0.124. The van der Waals surface area contributed by atoms with Crippen LogP contribution in [-0.2, 0) is 19.2 Å². The van der Waals surface area contributed by atoms with Crippen molar-refractivity contribution in [1.82, 2.24) is 30.8 Å². The summed E-state index contributed by atoms with van der Waals surface area (Å²) in [6.07, 6.45) is 4.30. The molecular formula is C22H27N7O5. The number of carbonyl (C=O) groups is 4. The SMILES string of the molecule is CNC(=O)C(CCC=O)n1c(C)nc2cccc(NC(=O)CN3C=C(CCC=O)NN3)c2c1=O. The van der Waals surface area contributed by atoms with Gasteiger partial charge in [0, 0.05) is 31.8 Å². The summed E-state index contributed by atoms with van der Waals surface area (Å²) in [4.78, 5) is 64.6. The Morgan fingerprint density at radius 1 is 1.21 bits per heavy atom. The topological polar surface area (TPSA) is 155 Å². The van der Waals surface area contributed by atoms with Crippen molar-refractivity contribution in [3.8, 4) is 0 Å². The van der Waals surface area contributed by atoms with Gasteiger partial charge in [0.15, 0.2) is 0 Å². The zero-order valence-electron chi connectivity index (χ0n) is 19.0. The van der Waals surface area contributed by atoms with E-state index in [1.54, 1.807) is 31.3 Å². The number of hydrogen-bond acceptors (Lipinski definition) is 9. The molecule has 3 rings (SSSR count). The molecule has 2 aromatic rings. The number of likely N-dealkylation sites (N-methyl/N-ethyl adjacent to an activating group) is 1. The molecule has 0 bridgehead atoms. The third-order valence-electron chi connectivity index (χ3n) is 5.32. The summed E-state index contributed by atoms with van der Waals surface area (Å²) in [5.41, 5.74) is 6.61. The number of hydrogen-bond donors (Lipinski definition) is 4. The standard InChI is InChI=1S/C22H27N7O5/c1-14-24-16-7-3-8-17(25-19(32)13-28-12-15(26-27-28)6-4-10-30)20(16)22(34)29(14)18(9-5-11-31)21(33)23-2/h3,7-8,10-12,18,26-27H,4-6,9,13H2,1-2H3,(H,23,33)(H,25,32). The fraction of sp³-hybridized carbons (Fsp3) is 0.364. The third kappa shape index (κ3) is 5.46. The zero-order valence-corrected chi connectivity index (χ0v) is 19.0. The fourth-order valence-electron chi connectivity index (χ4n) is 3.76. The van der Waals surface area contributed by atoms with E-state index in [9.17, 15) is 24.0 Å². The number of aldehydes is 2. The van der Waals surface area contributed by atoms with Crippen LogP contribution in [0.5, 0.6) is 0 Å². The van der Waals surface area contributed by atoms with Crippen LogP contribution in [0.2, 0.25) is 0 Å². The minimum Gasteiger partial charge on any atom is -0.357 e. The molecule has 12 nitrogen and oxygen atoms in total. The number of carbonyl (C=O) groups excluding carboxylic acids is 4. The van der Waals surface area contributed by atoms with Crippen LogP contribution < -0.4 is 27.2 Å². The van der Waals surface area contributed by atoms with Crippen LogP contribution in [0.4, 0.5) is 5.69 Å². The molecule has 0 aliphatic carbocycles. The number of hydrazine groups is 2. The Bertz CT molecular complexity index is 1190. The maximum Gasteiger partial charge on any atom is 0.264 e. The Balaban J connectivity index is 1.91. The highest BCUT2D eigenvalue weighted by atomic mass is 16.2. The first-order chi connectivity index (χ1) is 16.4. The van der Waals surface area contributed by atoms with Crippen LogP contribution in [0.25, 0.3) is 10.9 Å². The number of anilines is 1. The lowest BCUT2D eigenvalue weighted by Gasteiger charge is -2.21. The number of allylic oxidation sites excluding steroid dienone is 1. The molecular weight excluding hydrogens is 442 g/mol. The second-order valence-corrected chi connectivity index (χ2v) is 7.68. The number of fused-ring (bicyclic) bond motifs is 1.